The first-order chi connectivity index (χ1) is 5.11. The lowest BCUT2D eigenvalue weighted by Crippen LogP contribution is -2.46. The van der Waals surface area contributed by atoms with Crippen molar-refractivity contribution >= 4 is 23.6 Å². The molecule has 0 fully saturated rings. The Morgan fingerprint density at radius 2 is 2.09 bits per heavy atom. The number of carboxylic acid groups (broad SMARTS) is 1. The van der Waals surface area contributed by atoms with E-state index in [4.69, 9.17) is 5.11 Å². The Kier molecular flexibility index (Phi) is 1.55. The number of urea groups is 1. The van der Waals surface area contributed by atoms with Gasteiger partial charge in [0, 0.05) is 0 Å². The fourth-order valence-electron chi connectivity index (χ4n) is 0.462. The van der Waals surface area contributed by atoms with Crippen molar-refractivity contribution in [1.82, 2.24) is 10.7 Å². The lowest BCUT2D eigenvalue weighted by atomic mass is 10.3. The molecule has 1 rings (SSSR count). The number of imide groups is 1. The molecule has 0 spiro atoms. The van der Waals surface area contributed by atoms with Crippen LogP contribution < -0.4 is 10.7 Å². The van der Waals surface area contributed by atoms with Crippen LogP contribution >= 0.6 is 0 Å². The number of amides is 3. The number of aliphatic carboxylic acids is 1. The van der Waals surface area contributed by atoms with Crippen LogP contribution in [0.3, 0.4) is 0 Å². The van der Waals surface area contributed by atoms with Crippen LogP contribution in [0.5, 0.6) is 0 Å². The van der Waals surface area contributed by atoms with Crippen molar-refractivity contribution in [1.29, 1.82) is 0 Å². The Morgan fingerprint density at radius 3 is 2.55 bits per heavy atom. The molecule has 2 N–H and O–H groups in total. The fourth-order valence-corrected chi connectivity index (χ4v) is 0.462. The molecule has 0 aromatic carbocycles. The molecule has 0 saturated carbocycles. The SMILES string of the molecule is O=C1[N]N=C(C(=O)O)C(=O)N1. The third-order valence-electron chi connectivity index (χ3n) is 0.879. The van der Waals surface area contributed by atoms with Gasteiger partial charge in [-0.25, -0.2) is 9.59 Å². The van der Waals surface area contributed by atoms with E-state index >= 15 is 0 Å². The first-order valence-electron chi connectivity index (χ1n) is 2.48. The fraction of sp³-hybridized carbons (Fsp3) is 0. The zero-order valence-corrected chi connectivity index (χ0v) is 5.07. The summed E-state index contributed by atoms with van der Waals surface area (Å²) in [6, 6.07) is -0.958. The molecule has 0 bridgehead atoms. The van der Waals surface area contributed by atoms with Crippen molar-refractivity contribution in [2.45, 2.75) is 0 Å². The summed E-state index contributed by atoms with van der Waals surface area (Å²) < 4.78 is 0. The highest BCUT2D eigenvalue weighted by molar-refractivity contribution is 6.64. The van der Waals surface area contributed by atoms with Crippen LogP contribution in [0.4, 0.5) is 4.79 Å². The second-order valence-electron chi connectivity index (χ2n) is 1.61. The van der Waals surface area contributed by atoms with Crippen LogP contribution in [0, 0.1) is 0 Å². The van der Waals surface area contributed by atoms with Gasteiger partial charge in [0.15, 0.2) is 0 Å². The quantitative estimate of drug-likeness (QED) is 0.470. The first-order valence-corrected chi connectivity index (χ1v) is 2.48. The Bertz CT molecular complexity index is 269. The molecule has 0 aliphatic carbocycles. The molecule has 0 saturated heterocycles. The van der Waals surface area contributed by atoms with E-state index in [1.54, 1.807) is 5.32 Å². The van der Waals surface area contributed by atoms with Gasteiger partial charge in [0.1, 0.15) is 0 Å². The minimum Gasteiger partial charge on any atom is -0.476 e. The predicted molar refractivity (Wildman–Crippen MR) is 30.7 cm³/mol. The van der Waals surface area contributed by atoms with E-state index in [0.717, 1.165) is 0 Å². The number of nitrogens with one attached hydrogen (secondary N) is 1. The van der Waals surface area contributed by atoms with E-state index < -0.39 is 23.6 Å². The molecule has 0 atom stereocenters. The van der Waals surface area contributed by atoms with Crippen LogP contribution in [0.2, 0.25) is 0 Å². The summed E-state index contributed by atoms with van der Waals surface area (Å²) in [4.78, 5) is 30.9. The molecule has 1 radical (unpaired) electrons. The molecule has 0 aromatic rings. The van der Waals surface area contributed by atoms with Gasteiger partial charge in [-0.05, 0) is 0 Å². The zero-order chi connectivity index (χ0) is 8.43. The van der Waals surface area contributed by atoms with Crippen LogP contribution in [0.25, 0.3) is 0 Å². The number of hydrogen-bond acceptors (Lipinski definition) is 4. The van der Waals surface area contributed by atoms with E-state index in [2.05, 4.69) is 10.5 Å². The van der Waals surface area contributed by atoms with Gasteiger partial charge in [-0.1, -0.05) is 5.43 Å². The Labute approximate surface area is 60.1 Å². The van der Waals surface area contributed by atoms with Gasteiger partial charge in [-0.2, -0.15) is 0 Å². The van der Waals surface area contributed by atoms with Crippen LogP contribution in [-0.4, -0.2) is 28.7 Å². The van der Waals surface area contributed by atoms with Crippen LogP contribution in [0.1, 0.15) is 0 Å². The zero-order valence-electron chi connectivity index (χ0n) is 5.07. The van der Waals surface area contributed by atoms with Gasteiger partial charge in [-0.15, -0.1) is 5.10 Å². The standard InChI is InChI=1S/C4H2N3O4/c8-2-1(3(9)10)6-7-4(11)5-2/h(H,9,10)(H,5,8,11). The topological polar surface area (TPSA) is 110 Å². The molecule has 1 heterocycles. The Balaban J connectivity index is 2.89. The van der Waals surface area contributed by atoms with E-state index in [1.165, 1.54) is 0 Å². The van der Waals surface area contributed by atoms with Crippen molar-refractivity contribution in [3.8, 4) is 0 Å². The summed E-state index contributed by atoms with van der Waals surface area (Å²) in [6.45, 7) is 0. The molecule has 1 aliphatic rings. The predicted octanol–water partition coefficient (Wildman–Crippen LogP) is -1.72. The first kappa shape index (κ1) is 7.19. The second-order valence-corrected chi connectivity index (χ2v) is 1.61. The molecular formula is C4H2N3O4. The highest BCUT2D eigenvalue weighted by atomic mass is 16.4. The number of carbonyl (C=O) groups is 3. The minimum absolute atomic E-state index is 0.787. The molecule has 7 nitrogen and oxygen atoms in total. The molecule has 3 amide bonds. The highest BCUT2D eigenvalue weighted by Crippen LogP contribution is 1.86. The van der Waals surface area contributed by atoms with Crippen molar-refractivity contribution in [2.75, 3.05) is 0 Å². The van der Waals surface area contributed by atoms with Crippen molar-refractivity contribution in [2.24, 2.45) is 5.10 Å². The molecule has 0 aromatic heterocycles. The highest BCUT2D eigenvalue weighted by Gasteiger charge is 2.26. The van der Waals surface area contributed by atoms with Gasteiger partial charge in [0.2, 0.25) is 5.71 Å². The third-order valence-corrected chi connectivity index (χ3v) is 0.879. The largest absolute Gasteiger partial charge is 0.476 e. The smallest absolute Gasteiger partial charge is 0.366 e. The molecule has 11 heavy (non-hydrogen) atoms. The van der Waals surface area contributed by atoms with Gasteiger partial charge >= 0.3 is 12.0 Å². The number of carboxylic acids is 1. The summed E-state index contributed by atoms with van der Waals surface area (Å²) in [5.41, 5.74) is 2.03. The number of hydrogen-bond donors (Lipinski definition) is 2. The van der Waals surface area contributed by atoms with Crippen molar-refractivity contribution < 1.29 is 19.5 Å². The van der Waals surface area contributed by atoms with Gasteiger partial charge < -0.3 is 5.11 Å². The summed E-state index contributed by atoms with van der Waals surface area (Å²) in [6.07, 6.45) is 0. The van der Waals surface area contributed by atoms with Gasteiger partial charge in [0.25, 0.3) is 5.91 Å². The monoisotopic (exact) mass is 156 g/mol. The third kappa shape index (κ3) is 1.31. The van der Waals surface area contributed by atoms with Gasteiger partial charge in [0.05, 0.1) is 0 Å². The normalized spacial score (nSPS) is 16.5. The molecular weight excluding hydrogens is 154 g/mol. The molecule has 1 aliphatic heterocycles. The van der Waals surface area contributed by atoms with E-state index in [0.29, 0.717) is 0 Å². The van der Waals surface area contributed by atoms with E-state index in [9.17, 15) is 14.4 Å². The van der Waals surface area contributed by atoms with Crippen LogP contribution in [0.15, 0.2) is 5.10 Å². The maximum absolute atomic E-state index is 10.5. The summed E-state index contributed by atoms with van der Waals surface area (Å²) >= 11 is 0. The lowest BCUT2D eigenvalue weighted by Gasteiger charge is -2.05. The van der Waals surface area contributed by atoms with Crippen molar-refractivity contribution in [3.63, 3.8) is 0 Å². The van der Waals surface area contributed by atoms with Crippen molar-refractivity contribution in [3.05, 3.63) is 0 Å². The van der Waals surface area contributed by atoms with E-state index in [-0.39, 0.29) is 0 Å². The second kappa shape index (κ2) is 2.37. The number of nitrogens with zero attached hydrogens (tertiary/aromatic N) is 2. The molecule has 57 valence electrons. The summed E-state index contributed by atoms with van der Waals surface area (Å²) in [5, 5.41) is 12.8. The average molecular weight is 156 g/mol. The van der Waals surface area contributed by atoms with Gasteiger partial charge in [-0.3, -0.25) is 10.1 Å². The summed E-state index contributed by atoms with van der Waals surface area (Å²) in [7, 11) is 0. The maximum Gasteiger partial charge on any atom is 0.366 e. The summed E-state index contributed by atoms with van der Waals surface area (Å²) in [5.74, 6) is -2.56. The Morgan fingerprint density at radius 1 is 1.45 bits per heavy atom. The number of carbonyl (C=O) groups excluding carboxylic acids is 2. The lowest BCUT2D eigenvalue weighted by molar-refractivity contribution is -0.130. The Hall–Kier alpha value is -1.92. The molecule has 0 unspecified atom stereocenters. The maximum atomic E-state index is 10.5. The molecule has 7 heteroatoms. The number of rotatable bonds is 1. The minimum atomic E-state index is -1.52. The van der Waals surface area contributed by atoms with E-state index in [1.807, 2.05) is 0 Å². The average Bonchev–Trinajstić information content (AvgIpc) is 1.85. The van der Waals surface area contributed by atoms with Crippen LogP contribution in [-0.2, 0) is 9.59 Å².